The Bertz CT molecular complexity index is 672. The molecule has 1 N–H and O–H groups in total. The molecule has 0 saturated carbocycles. The van der Waals surface area contributed by atoms with E-state index in [9.17, 15) is 4.39 Å². The molecule has 5 heteroatoms. The van der Waals surface area contributed by atoms with Crippen molar-refractivity contribution in [2.24, 2.45) is 0 Å². The van der Waals surface area contributed by atoms with Gasteiger partial charge in [-0.2, -0.15) is 0 Å². The molecule has 0 aliphatic carbocycles. The SMILES string of the molecule is COc1cc(F)ccc1N1CCN(CCCNCc2ccccc2)CC1. The molecule has 1 aliphatic heterocycles. The van der Waals surface area contributed by atoms with Gasteiger partial charge in [0.05, 0.1) is 12.8 Å². The first kappa shape index (κ1) is 18.7. The molecule has 1 heterocycles. The lowest BCUT2D eigenvalue weighted by Gasteiger charge is -2.36. The van der Waals surface area contributed by atoms with Crippen molar-refractivity contribution in [1.29, 1.82) is 0 Å². The second-order valence-electron chi connectivity index (χ2n) is 6.66. The number of nitrogens with one attached hydrogen (secondary N) is 1. The van der Waals surface area contributed by atoms with E-state index < -0.39 is 0 Å². The van der Waals surface area contributed by atoms with Crippen molar-refractivity contribution in [3.63, 3.8) is 0 Å². The van der Waals surface area contributed by atoms with Gasteiger partial charge in [-0.15, -0.1) is 0 Å². The standard InChI is InChI=1S/C21H28FN3O/c1-26-21-16-19(22)8-9-20(21)25-14-12-24(13-15-25)11-5-10-23-17-18-6-3-2-4-7-18/h2-4,6-9,16,23H,5,10-15,17H2,1H3. The summed E-state index contributed by atoms with van der Waals surface area (Å²) in [4.78, 5) is 4.78. The highest BCUT2D eigenvalue weighted by Gasteiger charge is 2.19. The Morgan fingerprint density at radius 2 is 1.81 bits per heavy atom. The molecular formula is C21H28FN3O. The average Bonchev–Trinajstić information content (AvgIpc) is 2.69. The number of piperazine rings is 1. The minimum atomic E-state index is -0.257. The highest BCUT2D eigenvalue weighted by molar-refractivity contribution is 5.58. The van der Waals surface area contributed by atoms with Gasteiger partial charge in [0.15, 0.2) is 0 Å². The zero-order valence-corrected chi connectivity index (χ0v) is 15.5. The summed E-state index contributed by atoms with van der Waals surface area (Å²) in [5, 5.41) is 3.51. The molecular weight excluding hydrogens is 329 g/mol. The largest absolute Gasteiger partial charge is 0.494 e. The predicted octanol–water partition coefficient (Wildman–Crippen LogP) is 3.14. The number of nitrogens with zero attached hydrogens (tertiary/aromatic N) is 2. The number of anilines is 1. The van der Waals surface area contributed by atoms with Gasteiger partial charge in [0, 0.05) is 38.8 Å². The van der Waals surface area contributed by atoms with E-state index in [0.29, 0.717) is 5.75 Å². The fourth-order valence-electron chi connectivity index (χ4n) is 3.38. The topological polar surface area (TPSA) is 27.7 Å². The summed E-state index contributed by atoms with van der Waals surface area (Å²) >= 11 is 0. The lowest BCUT2D eigenvalue weighted by atomic mass is 10.2. The summed E-state index contributed by atoms with van der Waals surface area (Å²) in [6.07, 6.45) is 1.15. The molecule has 140 valence electrons. The van der Waals surface area contributed by atoms with Crippen LogP contribution in [-0.4, -0.2) is 51.3 Å². The summed E-state index contributed by atoms with van der Waals surface area (Å²) in [6, 6.07) is 15.3. The minimum absolute atomic E-state index is 0.257. The van der Waals surface area contributed by atoms with E-state index in [0.717, 1.165) is 57.9 Å². The summed E-state index contributed by atoms with van der Waals surface area (Å²) < 4.78 is 18.7. The summed E-state index contributed by atoms with van der Waals surface area (Å²) in [5.74, 6) is 0.357. The van der Waals surface area contributed by atoms with Crippen LogP contribution >= 0.6 is 0 Å². The van der Waals surface area contributed by atoms with E-state index in [1.54, 1.807) is 7.11 Å². The van der Waals surface area contributed by atoms with Crippen LogP contribution in [0, 0.1) is 5.82 Å². The number of hydrogen-bond acceptors (Lipinski definition) is 4. The van der Waals surface area contributed by atoms with Gasteiger partial charge in [0.2, 0.25) is 0 Å². The lowest BCUT2D eigenvalue weighted by molar-refractivity contribution is 0.253. The van der Waals surface area contributed by atoms with Crippen LogP contribution in [0.2, 0.25) is 0 Å². The summed E-state index contributed by atoms with van der Waals surface area (Å²) in [5.41, 5.74) is 2.31. The van der Waals surface area contributed by atoms with Crippen LogP contribution in [0.1, 0.15) is 12.0 Å². The van der Waals surface area contributed by atoms with Gasteiger partial charge in [-0.05, 0) is 37.2 Å². The molecule has 3 rings (SSSR count). The number of methoxy groups -OCH3 is 1. The first-order chi connectivity index (χ1) is 12.8. The average molecular weight is 357 g/mol. The predicted molar refractivity (Wildman–Crippen MR) is 104 cm³/mol. The fourth-order valence-corrected chi connectivity index (χ4v) is 3.38. The molecule has 26 heavy (non-hydrogen) atoms. The van der Waals surface area contributed by atoms with E-state index in [4.69, 9.17) is 4.74 Å². The number of hydrogen-bond donors (Lipinski definition) is 1. The smallest absolute Gasteiger partial charge is 0.145 e. The Balaban J connectivity index is 1.36. The number of halogens is 1. The van der Waals surface area contributed by atoms with Gasteiger partial charge < -0.3 is 15.0 Å². The van der Waals surface area contributed by atoms with E-state index in [-0.39, 0.29) is 5.82 Å². The highest BCUT2D eigenvalue weighted by Crippen LogP contribution is 2.29. The molecule has 2 aromatic carbocycles. The maximum atomic E-state index is 13.4. The van der Waals surface area contributed by atoms with Crippen LogP contribution in [0.5, 0.6) is 5.75 Å². The molecule has 2 aromatic rings. The Labute approximate surface area is 155 Å². The molecule has 0 unspecified atom stereocenters. The molecule has 0 spiro atoms. The maximum absolute atomic E-state index is 13.4. The van der Waals surface area contributed by atoms with Crippen LogP contribution in [0.15, 0.2) is 48.5 Å². The van der Waals surface area contributed by atoms with E-state index in [1.165, 1.54) is 17.7 Å². The third-order valence-electron chi connectivity index (χ3n) is 4.85. The molecule has 0 atom stereocenters. The summed E-state index contributed by atoms with van der Waals surface area (Å²) in [6.45, 7) is 7.01. The normalized spacial score (nSPS) is 15.2. The molecule has 0 bridgehead atoms. The van der Waals surface area contributed by atoms with Crippen LogP contribution in [0.25, 0.3) is 0 Å². The molecule has 0 aromatic heterocycles. The van der Waals surface area contributed by atoms with E-state index >= 15 is 0 Å². The number of rotatable bonds is 8. The molecule has 0 radical (unpaired) electrons. The van der Waals surface area contributed by atoms with Crippen LogP contribution in [0.4, 0.5) is 10.1 Å². The second-order valence-corrected chi connectivity index (χ2v) is 6.66. The molecule has 0 amide bonds. The molecule has 1 saturated heterocycles. The Morgan fingerprint density at radius 3 is 2.54 bits per heavy atom. The van der Waals surface area contributed by atoms with Gasteiger partial charge >= 0.3 is 0 Å². The van der Waals surface area contributed by atoms with Crippen LogP contribution in [-0.2, 0) is 6.54 Å². The van der Waals surface area contributed by atoms with Gasteiger partial charge in [-0.3, -0.25) is 4.90 Å². The number of benzene rings is 2. The van der Waals surface area contributed by atoms with Gasteiger partial charge in [0.25, 0.3) is 0 Å². The van der Waals surface area contributed by atoms with Crippen molar-refractivity contribution in [1.82, 2.24) is 10.2 Å². The zero-order chi connectivity index (χ0) is 18.2. The van der Waals surface area contributed by atoms with Crippen LogP contribution < -0.4 is 15.0 Å². The minimum Gasteiger partial charge on any atom is -0.494 e. The Morgan fingerprint density at radius 1 is 1.04 bits per heavy atom. The fraction of sp³-hybridized carbons (Fsp3) is 0.429. The van der Waals surface area contributed by atoms with E-state index in [1.807, 2.05) is 12.1 Å². The van der Waals surface area contributed by atoms with Gasteiger partial charge in [-0.1, -0.05) is 30.3 Å². The second kappa shape index (κ2) is 9.55. The van der Waals surface area contributed by atoms with E-state index in [2.05, 4.69) is 39.4 Å². The Hall–Kier alpha value is -2.11. The molecule has 4 nitrogen and oxygen atoms in total. The quantitative estimate of drug-likeness (QED) is 0.735. The van der Waals surface area contributed by atoms with Crippen molar-refractivity contribution >= 4 is 5.69 Å². The Kier molecular flexibility index (Phi) is 6.86. The first-order valence-corrected chi connectivity index (χ1v) is 9.32. The van der Waals surface area contributed by atoms with Gasteiger partial charge in [0.1, 0.15) is 11.6 Å². The maximum Gasteiger partial charge on any atom is 0.145 e. The third kappa shape index (κ3) is 5.19. The van der Waals surface area contributed by atoms with Crippen LogP contribution in [0.3, 0.4) is 0 Å². The molecule has 1 aliphatic rings. The van der Waals surface area contributed by atoms with Crippen molar-refractivity contribution in [3.8, 4) is 5.75 Å². The van der Waals surface area contributed by atoms with Crippen molar-refractivity contribution in [2.45, 2.75) is 13.0 Å². The van der Waals surface area contributed by atoms with Crippen molar-refractivity contribution < 1.29 is 9.13 Å². The first-order valence-electron chi connectivity index (χ1n) is 9.32. The highest BCUT2D eigenvalue weighted by atomic mass is 19.1. The number of ether oxygens (including phenoxy) is 1. The zero-order valence-electron chi connectivity index (χ0n) is 15.5. The molecule has 1 fully saturated rings. The lowest BCUT2D eigenvalue weighted by Crippen LogP contribution is -2.47. The third-order valence-corrected chi connectivity index (χ3v) is 4.85. The van der Waals surface area contributed by atoms with Crippen molar-refractivity contribution in [3.05, 3.63) is 59.9 Å². The van der Waals surface area contributed by atoms with Crippen molar-refractivity contribution in [2.75, 3.05) is 51.3 Å². The monoisotopic (exact) mass is 357 g/mol. The van der Waals surface area contributed by atoms with Gasteiger partial charge in [-0.25, -0.2) is 4.39 Å². The summed E-state index contributed by atoms with van der Waals surface area (Å²) in [7, 11) is 1.59.